The number of sulfonamides is 1. The molecule has 35 heavy (non-hydrogen) atoms. The predicted molar refractivity (Wildman–Crippen MR) is 137 cm³/mol. The number of anilines is 1. The van der Waals surface area contributed by atoms with Crippen molar-refractivity contribution < 1.29 is 17.9 Å². The van der Waals surface area contributed by atoms with E-state index in [9.17, 15) is 13.2 Å². The number of rotatable bonds is 8. The minimum atomic E-state index is -3.74. The summed E-state index contributed by atoms with van der Waals surface area (Å²) >= 11 is 0. The lowest BCUT2D eigenvalue weighted by Gasteiger charge is -2.31. The molecule has 4 rings (SSSR count). The first-order valence-corrected chi connectivity index (χ1v) is 13.2. The molecule has 0 saturated carbocycles. The second kappa shape index (κ2) is 11.0. The minimum Gasteiger partial charge on any atom is -0.376 e. The van der Waals surface area contributed by atoms with Crippen LogP contribution in [0.5, 0.6) is 0 Å². The van der Waals surface area contributed by atoms with Gasteiger partial charge < -0.3 is 10.1 Å². The first-order valence-electron chi connectivity index (χ1n) is 11.7. The normalized spacial score (nSPS) is 16.6. The number of nitrogens with one attached hydrogen (secondary N) is 2. The highest BCUT2D eigenvalue weighted by atomic mass is 32.2. The SMILES string of the molecule is Cc1ccc(NS(=O)(=O)c2ccc(C(=O)NCc3cccc(CN4CCOC(C)C4)c3)cc2)cc1. The van der Waals surface area contributed by atoms with Gasteiger partial charge in [-0.1, -0.05) is 42.0 Å². The van der Waals surface area contributed by atoms with Crippen molar-refractivity contribution >= 4 is 21.6 Å². The van der Waals surface area contributed by atoms with E-state index in [1.807, 2.05) is 31.2 Å². The van der Waals surface area contributed by atoms with Crippen LogP contribution in [0.1, 0.15) is 34.0 Å². The number of benzene rings is 3. The second-order valence-electron chi connectivity index (χ2n) is 8.92. The summed E-state index contributed by atoms with van der Waals surface area (Å²) in [5.41, 5.74) is 4.14. The number of ether oxygens (including phenoxy) is 1. The highest BCUT2D eigenvalue weighted by molar-refractivity contribution is 7.92. The van der Waals surface area contributed by atoms with Crippen molar-refractivity contribution in [2.45, 2.75) is 37.9 Å². The van der Waals surface area contributed by atoms with Crippen LogP contribution in [0.25, 0.3) is 0 Å². The number of amides is 1. The van der Waals surface area contributed by atoms with Crippen LogP contribution in [0.2, 0.25) is 0 Å². The van der Waals surface area contributed by atoms with Gasteiger partial charge in [0.2, 0.25) is 0 Å². The van der Waals surface area contributed by atoms with Gasteiger partial charge in [-0.3, -0.25) is 14.4 Å². The number of hydrogen-bond acceptors (Lipinski definition) is 5. The van der Waals surface area contributed by atoms with E-state index in [2.05, 4.69) is 34.0 Å². The monoisotopic (exact) mass is 493 g/mol. The van der Waals surface area contributed by atoms with E-state index < -0.39 is 10.0 Å². The van der Waals surface area contributed by atoms with E-state index in [0.29, 0.717) is 17.8 Å². The number of carbonyl (C=O) groups is 1. The maximum atomic E-state index is 12.6. The summed E-state index contributed by atoms with van der Waals surface area (Å²) in [7, 11) is -3.74. The highest BCUT2D eigenvalue weighted by Gasteiger charge is 2.17. The molecule has 1 unspecified atom stereocenters. The van der Waals surface area contributed by atoms with E-state index in [-0.39, 0.29) is 16.9 Å². The van der Waals surface area contributed by atoms with Crippen LogP contribution in [-0.4, -0.2) is 45.0 Å². The molecule has 1 saturated heterocycles. The van der Waals surface area contributed by atoms with Gasteiger partial charge in [-0.2, -0.15) is 0 Å². The van der Waals surface area contributed by atoms with E-state index in [0.717, 1.165) is 37.4 Å². The molecule has 1 aliphatic rings. The zero-order valence-corrected chi connectivity index (χ0v) is 20.8. The zero-order valence-electron chi connectivity index (χ0n) is 20.0. The maximum absolute atomic E-state index is 12.6. The Morgan fingerprint density at radius 1 is 1.03 bits per heavy atom. The van der Waals surface area contributed by atoms with Gasteiger partial charge in [0.15, 0.2) is 0 Å². The van der Waals surface area contributed by atoms with E-state index in [1.165, 1.54) is 29.8 Å². The lowest BCUT2D eigenvalue weighted by Crippen LogP contribution is -2.40. The Morgan fingerprint density at radius 3 is 2.46 bits per heavy atom. The van der Waals surface area contributed by atoms with Crippen molar-refractivity contribution in [3.63, 3.8) is 0 Å². The highest BCUT2D eigenvalue weighted by Crippen LogP contribution is 2.18. The molecule has 0 spiro atoms. The molecule has 1 heterocycles. The molecule has 8 heteroatoms. The topological polar surface area (TPSA) is 87.7 Å². The molecule has 3 aromatic carbocycles. The Morgan fingerprint density at radius 2 is 1.74 bits per heavy atom. The van der Waals surface area contributed by atoms with Gasteiger partial charge in [0.05, 0.1) is 17.6 Å². The fourth-order valence-electron chi connectivity index (χ4n) is 4.04. The van der Waals surface area contributed by atoms with Crippen LogP contribution >= 0.6 is 0 Å². The van der Waals surface area contributed by atoms with Gasteiger partial charge in [0.1, 0.15) is 0 Å². The second-order valence-corrected chi connectivity index (χ2v) is 10.6. The standard InChI is InChI=1S/C27H31N3O4S/c1-20-6-10-25(11-7-20)29-35(32,33)26-12-8-24(9-13-26)27(31)28-17-22-4-3-5-23(16-22)19-30-14-15-34-21(2)18-30/h3-13,16,21,29H,14-15,17-19H2,1-2H3,(H,28,31). The Labute approximate surface area is 207 Å². The van der Waals surface area contributed by atoms with Gasteiger partial charge in [0, 0.05) is 37.4 Å². The van der Waals surface area contributed by atoms with Crippen molar-refractivity contribution in [3.05, 3.63) is 95.1 Å². The number of aryl methyl sites for hydroxylation is 1. The molecule has 0 aliphatic carbocycles. The van der Waals surface area contributed by atoms with Gasteiger partial charge in [0.25, 0.3) is 15.9 Å². The molecule has 1 fully saturated rings. The van der Waals surface area contributed by atoms with Crippen LogP contribution in [0.15, 0.2) is 77.7 Å². The van der Waals surface area contributed by atoms with Crippen molar-refractivity contribution in [1.29, 1.82) is 0 Å². The van der Waals surface area contributed by atoms with E-state index >= 15 is 0 Å². The quantitative estimate of drug-likeness (QED) is 0.496. The molecule has 2 N–H and O–H groups in total. The Kier molecular flexibility index (Phi) is 7.85. The summed E-state index contributed by atoms with van der Waals surface area (Å²) in [6, 6.07) is 21.2. The molecule has 3 aromatic rings. The molecular weight excluding hydrogens is 462 g/mol. The molecule has 1 atom stereocenters. The van der Waals surface area contributed by atoms with E-state index in [1.54, 1.807) is 12.1 Å². The summed E-state index contributed by atoms with van der Waals surface area (Å²) in [5, 5.41) is 2.92. The third-order valence-corrected chi connectivity index (χ3v) is 7.30. The Bertz CT molecular complexity index is 1260. The average Bonchev–Trinajstić information content (AvgIpc) is 2.84. The van der Waals surface area contributed by atoms with Crippen LogP contribution in [-0.2, 0) is 27.8 Å². The maximum Gasteiger partial charge on any atom is 0.261 e. The van der Waals surface area contributed by atoms with Crippen LogP contribution < -0.4 is 10.0 Å². The van der Waals surface area contributed by atoms with E-state index in [4.69, 9.17) is 4.74 Å². The molecule has 7 nitrogen and oxygen atoms in total. The van der Waals surface area contributed by atoms with Crippen molar-refractivity contribution in [1.82, 2.24) is 10.2 Å². The van der Waals surface area contributed by atoms with Gasteiger partial charge in [-0.05, 0) is 61.4 Å². The van der Waals surface area contributed by atoms with Crippen molar-refractivity contribution in [3.8, 4) is 0 Å². The lowest BCUT2D eigenvalue weighted by atomic mass is 10.1. The molecule has 0 aromatic heterocycles. The lowest BCUT2D eigenvalue weighted by molar-refractivity contribution is -0.0212. The number of hydrogen-bond donors (Lipinski definition) is 2. The molecule has 1 amide bonds. The summed E-state index contributed by atoms with van der Waals surface area (Å²) in [4.78, 5) is 15.1. The molecule has 0 bridgehead atoms. The number of carbonyl (C=O) groups excluding carboxylic acids is 1. The summed E-state index contributed by atoms with van der Waals surface area (Å²) in [6.07, 6.45) is 0.242. The average molecular weight is 494 g/mol. The number of morpholine rings is 1. The van der Waals surface area contributed by atoms with Gasteiger partial charge >= 0.3 is 0 Å². The van der Waals surface area contributed by atoms with Crippen molar-refractivity contribution in [2.75, 3.05) is 24.4 Å². The summed E-state index contributed by atoms with van der Waals surface area (Å²) in [6.45, 7) is 7.83. The fraction of sp³-hybridized carbons (Fsp3) is 0.296. The minimum absolute atomic E-state index is 0.0970. The van der Waals surface area contributed by atoms with Gasteiger partial charge in [-0.25, -0.2) is 8.42 Å². The molecule has 0 radical (unpaired) electrons. The predicted octanol–water partition coefficient (Wildman–Crippen LogP) is 3.95. The summed E-state index contributed by atoms with van der Waals surface area (Å²) < 4.78 is 33.5. The smallest absolute Gasteiger partial charge is 0.261 e. The Hall–Kier alpha value is -3.20. The molecule has 184 valence electrons. The third kappa shape index (κ3) is 6.91. The van der Waals surface area contributed by atoms with Crippen LogP contribution in [0.4, 0.5) is 5.69 Å². The Balaban J connectivity index is 1.33. The first-order chi connectivity index (χ1) is 16.8. The van der Waals surface area contributed by atoms with Crippen LogP contribution in [0.3, 0.4) is 0 Å². The molecule has 1 aliphatic heterocycles. The fourth-order valence-corrected chi connectivity index (χ4v) is 5.09. The largest absolute Gasteiger partial charge is 0.376 e. The summed E-state index contributed by atoms with van der Waals surface area (Å²) in [5.74, 6) is -0.257. The molecular formula is C27H31N3O4S. The van der Waals surface area contributed by atoms with Gasteiger partial charge in [-0.15, -0.1) is 0 Å². The van der Waals surface area contributed by atoms with Crippen molar-refractivity contribution in [2.24, 2.45) is 0 Å². The zero-order chi connectivity index (χ0) is 24.8. The number of nitrogens with zero attached hydrogens (tertiary/aromatic N) is 1. The first kappa shape index (κ1) is 24.9. The third-order valence-electron chi connectivity index (χ3n) is 5.91. The van der Waals surface area contributed by atoms with Crippen LogP contribution in [0, 0.1) is 6.92 Å².